The van der Waals surface area contributed by atoms with E-state index in [2.05, 4.69) is 10.3 Å². The van der Waals surface area contributed by atoms with Crippen LogP contribution in [0.1, 0.15) is 11.1 Å². The maximum atomic E-state index is 13.1. The fourth-order valence-corrected chi connectivity index (χ4v) is 4.68. The number of nitrogens with zero attached hydrogens (tertiary/aromatic N) is 2. The topological polar surface area (TPSA) is 61.8 Å². The molecule has 3 aromatic carbocycles. The number of hydrogen-bond acceptors (Lipinski definition) is 4. The molecule has 0 aromatic heterocycles. The molecule has 0 saturated heterocycles. The third-order valence-electron chi connectivity index (χ3n) is 4.94. The van der Waals surface area contributed by atoms with Crippen LogP contribution < -0.4 is 10.2 Å². The molecule has 1 N–H and O–H groups in total. The summed E-state index contributed by atoms with van der Waals surface area (Å²) in [6.07, 6.45) is -1.05. The van der Waals surface area contributed by atoms with Gasteiger partial charge in [-0.05, 0) is 24.3 Å². The predicted molar refractivity (Wildman–Crippen MR) is 131 cm³/mol. The molecule has 0 bridgehead atoms. The maximum absolute atomic E-state index is 13.1. The highest BCUT2D eigenvalue weighted by Gasteiger charge is 2.30. The summed E-state index contributed by atoms with van der Waals surface area (Å²) in [5.41, 5.74) is 3.08. The Morgan fingerprint density at radius 2 is 1.78 bits per heavy atom. The number of aliphatic imine (C=N–C) groups is 1. The lowest BCUT2D eigenvalue weighted by atomic mass is 10.0. The molecule has 1 atom stereocenters. The Kier molecular flexibility index (Phi) is 6.84. The molecule has 1 unspecified atom stereocenters. The summed E-state index contributed by atoms with van der Waals surface area (Å²) < 4.78 is 0. The summed E-state index contributed by atoms with van der Waals surface area (Å²) in [7, 11) is 1.69. The first-order chi connectivity index (χ1) is 15.4. The van der Waals surface area contributed by atoms with Gasteiger partial charge in [-0.3, -0.25) is 9.59 Å². The number of benzene rings is 3. The van der Waals surface area contributed by atoms with E-state index in [1.807, 2.05) is 54.6 Å². The largest absolute Gasteiger partial charge is 0.326 e. The molecule has 162 valence electrons. The van der Waals surface area contributed by atoms with Crippen LogP contribution in [0.3, 0.4) is 0 Å². The molecular weight excluding hydrogens is 465 g/mol. The number of hydrogen-bond donors (Lipinski definition) is 1. The third-order valence-corrected chi connectivity index (χ3v) is 6.67. The van der Waals surface area contributed by atoms with Crippen LogP contribution in [0, 0.1) is 0 Å². The highest BCUT2D eigenvalue weighted by Crippen LogP contribution is 2.30. The summed E-state index contributed by atoms with van der Waals surface area (Å²) >= 11 is 13.4. The number of rotatable bonds is 5. The molecule has 1 aliphatic heterocycles. The van der Waals surface area contributed by atoms with E-state index < -0.39 is 6.17 Å². The van der Waals surface area contributed by atoms with E-state index in [4.69, 9.17) is 23.2 Å². The van der Waals surface area contributed by atoms with Gasteiger partial charge in [0.2, 0.25) is 12.1 Å². The molecule has 3 aromatic rings. The smallest absolute Gasteiger partial charge is 0.272 e. The van der Waals surface area contributed by atoms with Crippen LogP contribution in [0.4, 0.5) is 5.69 Å². The average Bonchev–Trinajstić information content (AvgIpc) is 2.90. The Labute approximate surface area is 200 Å². The second-order valence-electron chi connectivity index (χ2n) is 7.09. The number of para-hydroxylation sites is 1. The van der Waals surface area contributed by atoms with Gasteiger partial charge in [-0.1, -0.05) is 71.7 Å². The minimum absolute atomic E-state index is 0.0813. The molecule has 0 radical (unpaired) electrons. The SMILES string of the molecule is CN1C(=O)C(NC(=O)CSc2ccc(Cl)cc2Cl)N=C(c2ccccc2)c2ccccc21. The maximum Gasteiger partial charge on any atom is 0.272 e. The van der Waals surface area contributed by atoms with Gasteiger partial charge < -0.3 is 10.2 Å². The minimum Gasteiger partial charge on any atom is -0.326 e. The molecule has 0 spiro atoms. The van der Waals surface area contributed by atoms with Crippen molar-refractivity contribution in [2.45, 2.75) is 11.1 Å². The average molecular weight is 484 g/mol. The lowest BCUT2D eigenvalue weighted by Gasteiger charge is -2.20. The summed E-state index contributed by atoms with van der Waals surface area (Å²) in [6, 6.07) is 22.3. The second kappa shape index (κ2) is 9.77. The number of thioether (sulfide) groups is 1. The number of carbonyl (C=O) groups is 2. The first-order valence-corrected chi connectivity index (χ1v) is 11.6. The Hall–Kier alpha value is -2.80. The second-order valence-corrected chi connectivity index (χ2v) is 8.95. The van der Waals surface area contributed by atoms with E-state index in [1.165, 1.54) is 16.7 Å². The van der Waals surface area contributed by atoms with Gasteiger partial charge in [0.05, 0.1) is 22.2 Å². The quantitative estimate of drug-likeness (QED) is 0.516. The summed E-state index contributed by atoms with van der Waals surface area (Å²) in [4.78, 5) is 32.8. The Balaban J connectivity index is 1.60. The van der Waals surface area contributed by atoms with Gasteiger partial charge in [0.15, 0.2) is 0 Å². The minimum atomic E-state index is -1.05. The van der Waals surface area contributed by atoms with Gasteiger partial charge in [-0.25, -0.2) is 4.99 Å². The van der Waals surface area contributed by atoms with E-state index in [9.17, 15) is 9.59 Å². The molecule has 0 fully saturated rings. The molecule has 1 heterocycles. The van der Waals surface area contributed by atoms with Crippen molar-refractivity contribution in [1.29, 1.82) is 0 Å². The van der Waals surface area contributed by atoms with Crippen molar-refractivity contribution in [2.24, 2.45) is 4.99 Å². The van der Waals surface area contributed by atoms with Gasteiger partial charge in [0, 0.05) is 28.1 Å². The zero-order chi connectivity index (χ0) is 22.7. The van der Waals surface area contributed by atoms with Gasteiger partial charge in [0.1, 0.15) is 0 Å². The molecule has 4 rings (SSSR count). The van der Waals surface area contributed by atoms with Crippen molar-refractivity contribution < 1.29 is 9.59 Å². The Bertz CT molecular complexity index is 1200. The van der Waals surface area contributed by atoms with Crippen molar-refractivity contribution in [2.75, 3.05) is 17.7 Å². The highest BCUT2D eigenvalue weighted by atomic mass is 35.5. The number of halogens is 2. The first kappa shape index (κ1) is 22.4. The van der Waals surface area contributed by atoms with Gasteiger partial charge in [-0.2, -0.15) is 0 Å². The van der Waals surface area contributed by atoms with Crippen molar-refractivity contribution in [1.82, 2.24) is 5.32 Å². The monoisotopic (exact) mass is 483 g/mol. The Morgan fingerprint density at radius 1 is 1.06 bits per heavy atom. The number of amides is 2. The van der Waals surface area contributed by atoms with Crippen molar-refractivity contribution in [3.63, 3.8) is 0 Å². The first-order valence-electron chi connectivity index (χ1n) is 9.81. The van der Waals surface area contributed by atoms with E-state index in [1.54, 1.807) is 25.2 Å². The lowest BCUT2D eigenvalue weighted by molar-refractivity contribution is -0.125. The van der Waals surface area contributed by atoms with Crippen LogP contribution in [0.15, 0.2) is 82.7 Å². The molecule has 8 heteroatoms. The molecule has 1 aliphatic rings. The zero-order valence-electron chi connectivity index (χ0n) is 17.1. The lowest BCUT2D eigenvalue weighted by Crippen LogP contribution is -2.46. The summed E-state index contributed by atoms with van der Waals surface area (Å²) in [5.74, 6) is -0.556. The van der Waals surface area contributed by atoms with Gasteiger partial charge in [-0.15, -0.1) is 11.8 Å². The molecule has 2 amide bonds. The van der Waals surface area contributed by atoms with Crippen molar-refractivity contribution in [3.8, 4) is 0 Å². The predicted octanol–water partition coefficient (Wildman–Crippen LogP) is 5.04. The number of likely N-dealkylation sites (N-methyl/N-ethyl adjacent to an activating group) is 1. The number of fused-ring (bicyclic) bond motifs is 1. The number of benzodiazepines with no additional fused rings is 1. The number of nitrogens with one attached hydrogen (secondary N) is 1. The van der Waals surface area contributed by atoms with E-state index in [0.717, 1.165) is 21.7 Å². The van der Waals surface area contributed by atoms with Crippen LogP contribution >= 0.6 is 35.0 Å². The normalized spacial score (nSPS) is 15.6. The van der Waals surface area contributed by atoms with E-state index >= 15 is 0 Å². The molecular formula is C24H19Cl2N3O2S. The Morgan fingerprint density at radius 3 is 2.53 bits per heavy atom. The van der Waals surface area contributed by atoms with E-state index in [-0.39, 0.29) is 17.6 Å². The van der Waals surface area contributed by atoms with E-state index in [0.29, 0.717) is 15.8 Å². The highest BCUT2D eigenvalue weighted by molar-refractivity contribution is 8.00. The van der Waals surface area contributed by atoms with Crippen LogP contribution in [-0.4, -0.2) is 36.5 Å². The van der Waals surface area contributed by atoms with Gasteiger partial charge >= 0.3 is 0 Å². The molecule has 0 aliphatic carbocycles. The molecule has 0 saturated carbocycles. The van der Waals surface area contributed by atoms with Crippen LogP contribution in [0.5, 0.6) is 0 Å². The van der Waals surface area contributed by atoms with Crippen LogP contribution in [0.2, 0.25) is 10.0 Å². The van der Waals surface area contributed by atoms with Crippen molar-refractivity contribution in [3.05, 3.63) is 94.0 Å². The van der Waals surface area contributed by atoms with Crippen LogP contribution in [0.25, 0.3) is 0 Å². The molecule has 5 nitrogen and oxygen atoms in total. The van der Waals surface area contributed by atoms with Crippen molar-refractivity contribution >= 4 is 58.2 Å². The number of anilines is 1. The molecule has 32 heavy (non-hydrogen) atoms. The summed E-state index contributed by atoms with van der Waals surface area (Å²) in [6.45, 7) is 0. The fraction of sp³-hybridized carbons (Fsp3) is 0.125. The number of carbonyl (C=O) groups excluding carboxylic acids is 2. The summed E-state index contributed by atoms with van der Waals surface area (Å²) in [5, 5.41) is 3.77. The zero-order valence-corrected chi connectivity index (χ0v) is 19.4. The van der Waals surface area contributed by atoms with Gasteiger partial charge in [0.25, 0.3) is 5.91 Å². The fourth-order valence-electron chi connectivity index (χ4n) is 3.37. The van der Waals surface area contributed by atoms with Crippen LogP contribution in [-0.2, 0) is 9.59 Å². The third kappa shape index (κ3) is 4.83. The standard InChI is InChI=1S/C24H19Cl2N3O2S/c1-29-19-10-6-5-9-17(19)22(15-7-3-2-4-8-15)28-23(24(29)31)27-21(30)14-32-20-12-11-16(25)13-18(20)26/h2-13,23H,14H2,1H3,(H,27,30).